The predicted molar refractivity (Wildman–Crippen MR) is 82.2 cm³/mol. The first-order valence-corrected chi connectivity index (χ1v) is 7.21. The quantitative estimate of drug-likeness (QED) is 0.675. The number of rotatable bonds is 10. The van der Waals surface area contributed by atoms with Gasteiger partial charge in [0.25, 0.3) is 0 Å². The maximum absolute atomic E-state index is 6.34. The largest absolute Gasteiger partial charge is 0.493 e. The third-order valence-electron chi connectivity index (χ3n) is 3.10. The van der Waals surface area contributed by atoms with Crippen LogP contribution in [-0.4, -0.2) is 41.0 Å². The summed E-state index contributed by atoms with van der Waals surface area (Å²) in [6.07, 6.45) is 3.12. The van der Waals surface area contributed by atoms with E-state index < -0.39 is 0 Å². The molecule has 5 heteroatoms. The monoisotopic (exact) mass is 301 g/mol. The van der Waals surface area contributed by atoms with Crippen molar-refractivity contribution < 1.29 is 14.2 Å². The van der Waals surface area contributed by atoms with Crippen molar-refractivity contribution in [2.45, 2.75) is 19.3 Å². The van der Waals surface area contributed by atoms with Crippen LogP contribution in [0, 0.1) is 0 Å². The van der Waals surface area contributed by atoms with E-state index in [0.29, 0.717) is 16.5 Å². The van der Waals surface area contributed by atoms with Gasteiger partial charge in [0.05, 0.1) is 25.8 Å². The average molecular weight is 302 g/mol. The molecule has 0 aliphatic heterocycles. The van der Waals surface area contributed by atoms with Crippen molar-refractivity contribution in [2.75, 3.05) is 41.0 Å². The molecule has 0 saturated carbocycles. The Morgan fingerprint density at radius 3 is 2.50 bits per heavy atom. The summed E-state index contributed by atoms with van der Waals surface area (Å²) in [4.78, 5) is 0. The van der Waals surface area contributed by atoms with Gasteiger partial charge in [0.15, 0.2) is 11.5 Å². The summed E-state index contributed by atoms with van der Waals surface area (Å²) in [5, 5.41) is 3.98. The molecule has 0 amide bonds. The molecule has 0 unspecified atom stereocenters. The van der Waals surface area contributed by atoms with Crippen LogP contribution in [0.5, 0.6) is 11.5 Å². The van der Waals surface area contributed by atoms with Crippen molar-refractivity contribution in [2.24, 2.45) is 0 Å². The van der Waals surface area contributed by atoms with Crippen LogP contribution in [0.2, 0.25) is 5.02 Å². The summed E-state index contributed by atoms with van der Waals surface area (Å²) in [7, 11) is 4.92. The third kappa shape index (κ3) is 5.19. The van der Waals surface area contributed by atoms with Crippen molar-refractivity contribution in [1.82, 2.24) is 5.32 Å². The number of benzene rings is 1. The first-order valence-electron chi connectivity index (χ1n) is 6.83. The van der Waals surface area contributed by atoms with E-state index in [1.54, 1.807) is 21.3 Å². The van der Waals surface area contributed by atoms with E-state index in [1.165, 1.54) is 0 Å². The lowest BCUT2D eigenvalue weighted by atomic mass is 10.1. The Morgan fingerprint density at radius 1 is 1.05 bits per heavy atom. The van der Waals surface area contributed by atoms with Crippen LogP contribution in [0.4, 0.5) is 0 Å². The van der Waals surface area contributed by atoms with Crippen molar-refractivity contribution in [3.05, 3.63) is 22.7 Å². The second-order valence-corrected chi connectivity index (χ2v) is 4.85. The van der Waals surface area contributed by atoms with E-state index in [-0.39, 0.29) is 0 Å². The number of unbranched alkanes of at least 4 members (excludes halogenated alkanes) is 1. The molecule has 1 rings (SSSR count). The molecule has 1 aromatic carbocycles. The number of nitrogens with one attached hydrogen (secondary N) is 1. The molecule has 0 fully saturated rings. The summed E-state index contributed by atoms with van der Waals surface area (Å²) >= 11 is 6.34. The molecule has 114 valence electrons. The van der Waals surface area contributed by atoms with Gasteiger partial charge in [-0.1, -0.05) is 17.7 Å². The number of aryl methyl sites for hydroxylation is 1. The van der Waals surface area contributed by atoms with Crippen LogP contribution >= 0.6 is 11.6 Å². The number of halogens is 1. The zero-order valence-electron chi connectivity index (χ0n) is 12.5. The highest BCUT2D eigenvalue weighted by molar-refractivity contribution is 6.33. The first kappa shape index (κ1) is 17.1. The van der Waals surface area contributed by atoms with E-state index in [0.717, 1.165) is 44.5 Å². The van der Waals surface area contributed by atoms with Crippen LogP contribution in [0.3, 0.4) is 0 Å². The number of hydrogen-bond donors (Lipinski definition) is 1. The Bertz CT molecular complexity index is 399. The fourth-order valence-corrected chi connectivity index (χ4v) is 2.32. The van der Waals surface area contributed by atoms with Gasteiger partial charge in [0.1, 0.15) is 0 Å². The van der Waals surface area contributed by atoms with Crippen molar-refractivity contribution in [1.29, 1.82) is 0 Å². The molecule has 0 bridgehead atoms. The summed E-state index contributed by atoms with van der Waals surface area (Å²) < 4.78 is 15.5. The Kier molecular flexibility index (Phi) is 8.42. The Labute approximate surface area is 126 Å². The van der Waals surface area contributed by atoms with Gasteiger partial charge in [-0.15, -0.1) is 0 Å². The van der Waals surface area contributed by atoms with Gasteiger partial charge in [0, 0.05) is 13.7 Å². The molecule has 0 atom stereocenters. The smallest absolute Gasteiger partial charge is 0.179 e. The lowest BCUT2D eigenvalue weighted by Gasteiger charge is -2.12. The van der Waals surface area contributed by atoms with Gasteiger partial charge in [-0.2, -0.15) is 0 Å². The molecule has 0 saturated heterocycles. The zero-order valence-corrected chi connectivity index (χ0v) is 13.3. The molecule has 0 heterocycles. The van der Waals surface area contributed by atoms with Gasteiger partial charge in [-0.05, 0) is 37.4 Å². The van der Waals surface area contributed by atoms with Gasteiger partial charge in [0.2, 0.25) is 0 Å². The SMILES string of the molecule is COCCNCCCCc1ccc(OC)c(OC)c1Cl. The second kappa shape index (κ2) is 9.86. The standard InChI is InChI=1S/C15H24ClNO3/c1-18-11-10-17-9-5-4-6-12-7-8-13(19-2)15(20-3)14(12)16/h7-8,17H,4-6,9-11H2,1-3H3. The number of hydrogen-bond acceptors (Lipinski definition) is 4. The molecular weight excluding hydrogens is 278 g/mol. The van der Waals surface area contributed by atoms with Crippen molar-refractivity contribution in [3.8, 4) is 11.5 Å². The van der Waals surface area contributed by atoms with Gasteiger partial charge in [-0.25, -0.2) is 0 Å². The molecule has 0 aromatic heterocycles. The van der Waals surface area contributed by atoms with Crippen LogP contribution in [0.15, 0.2) is 12.1 Å². The van der Waals surface area contributed by atoms with E-state index in [2.05, 4.69) is 5.32 Å². The normalized spacial score (nSPS) is 10.6. The lowest BCUT2D eigenvalue weighted by molar-refractivity contribution is 0.199. The molecule has 1 aromatic rings. The molecule has 0 aliphatic rings. The lowest BCUT2D eigenvalue weighted by Crippen LogP contribution is -2.20. The molecule has 0 aliphatic carbocycles. The van der Waals surface area contributed by atoms with Gasteiger partial charge in [-0.3, -0.25) is 0 Å². The molecule has 1 N–H and O–H groups in total. The molecular formula is C15H24ClNO3. The highest BCUT2D eigenvalue weighted by atomic mass is 35.5. The second-order valence-electron chi connectivity index (χ2n) is 4.47. The van der Waals surface area contributed by atoms with Crippen molar-refractivity contribution in [3.63, 3.8) is 0 Å². The van der Waals surface area contributed by atoms with Gasteiger partial charge >= 0.3 is 0 Å². The summed E-state index contributed by atoms with van der Waals surface area (Å²) in [5.74, 6) is 1.28. The topological polar surface area (TPSA) is 39.7 Å². The molecule has 0 radical (unpaired) electrons. The molecule has 4 nitrogen and oxygen atoms in total. The first-order chi connectivity index (χ1) is 9.74. The van der Waals surface area contributed by atoms with Crippen LogP contribution in [0.1, 0.15) is 18.4 Å². The van der Waals surface area contributed by atoms with E-state index >= 15 is 0 Å². The Morgan fingerprint density at radius 2 is 1.85 bits per heavy atom. The Balaban J connectivity index is 2.40. The summed E-state index contributed by atoms with van der Waals surface area (Å²) in [6, 6.07) is 3.90. The molecule has 20 heavy (non-hydrogen) atoms. The maximum Gasteiger partial charge on any atom is 0.179 e. The maximum atomic E-state index is 6.34. The fourth-order valence-electron chi connectivity index (χ4n) is 1.99. The fraction of sp³-hybridized carbons (Fsp3) is 0.600. The number of methoxy groups -OCH3 is 3. The Hall–Kier alpha value is -0.970. The zero-order chi connectivity index (χ0) is 14.8. The third-order valence-corrected chi connectivity index (χ3v) is 3.51. The van der Waals surface area contributed by atoms with E-state index in [1.807, 2.05) is 12.1 Å². The van der Waals surface area contributed by atoms with Crippen LogP contribution in [-0.2, 0) is 11.2 Å². The minimum absolute atomic E-state index is 0.616. The summed E-state index contributed by atoms with van der Waals surface area (Å²) in [5.41, 5.74) is 1.10. The van der Waals surface area contributed by atoms with Gasteiger partial charge < -0.3 is 19.5 Å². The minimum atomic E-state index is 0.616. The average Bonchev–Trinajstić information content (AvgIpc) is 2.47. The predicted octanol–water partition coefficient (Wildman–Crippen LogP) is 2.92. The number of ether oxygens (including phenoxy) is 3. The van der Waals surface area contributed by atoms with Crippen molar-refractivity contribution >= 4 is 11.6 Å². The highest BCUT2D eigenvalue weighted by Crippen LogP contribution is 2.37. The summed E-state index contributed by atoms with van der Waals surface area (Å²) in [6.45, 7) is 2.64. The molecule has 0 spiro atoms. The van der Waals surface area contributed by atoms with E-state index in [9.17, 15) is 0 Å². The highest BCUT2D eigenvalue weighted by Gasteiger charge is 2.12. The van der Waals surface area contributed by atoms with Crippen LogP contribution in [0.25, 0.3) is 0 Å². The minimum Gasteiger partial charge on any atom is -0.493 e. The van der Waals surface area contributed by atoms with E-state index in [4.69, 9.17) is 25.8 Å². The van der Waals surface area contributed by atoms with Crippen LogP contribution < -0.4 is 14.8 Å².